The summed E-state index contributed by atoms with van der Waals surface area (Å²) in [5.74, 6) is 0. The van der Waals surface area contributed by atoms with E-state index < -0.39 is 0 Å². The maximum atomic E-state index is 5.65. The van der Waals surface area contributed by atoms with Crippen molar-refractivity contribution < 1.29 is 4.74 Å². The van der Waals surface area contributed by atoms with Crippen molar-refractivity contribution in [2.45, 2.75) is 33.5 Å². The normalized spacial score (nSPS) is 11.6. The van der Waals surface area contributed by atoms with Crippen LogP contribution in [0.25, 0.3) is 10.9 Å². The molecule has 1 aromatic heterocycles. The number of rotatable bonds is 3. The fourth-order valence-electron chi connectivity index (χ4n) is 1.92. The van der Waals surface area contributed by atoms with Crippen LogP contribution in [0.1, 0.15) is 25.1 Å². The number of hydrogen-bond donors (Lipinski definition) is 0. The Morgan fingerprint density at radius 2 is 2.00 bits per heavy atom. The predicted molar refractivity (Wildman–Crippen MR) is 67.6 cm³/mol. The van der Waals surface area contributed by atoms with Crippen molar-refractivity contribution >= 4 is 10.9 Å². The van der Waals surface area contributed by atoms with Crippen LogP contribution in [0.3, 0.4) is 0 Å². The van der Waals surface area contributed by atoms with Crippen molar-refractivity contribution in [3.8, 4) is 0 Å². The minimum Gasteiger partial charge on any atom is -0.373 e. The molecule has 2 heteroatoms. The molecule has 1 heterocycles. The van der Waals surface area contributed by atoms with Crippen molar-refractivity contribution in [1.82, 2.24) is 4.57 Å². The Kier molecular flexibility index (Phi) is 3.01. The number of fused-ring (bicyclic) bond motifs is 1. The molecule has 0 radical (unpaired) electrons. The summed E-state index contributed by atoms with van der Waals surface area (Å²) < 4.78 is 7.85. The lowest BCUT2D eigenvalue weighted by Gasteiger charge is -2.08. The Labute approximate surface area is 96.8 Å². The zero-order chi connectivity index (χ0) is 11.7. The molecule has 2 nitrogen and oxygen atoms in total. The van der Waals surface area contributed by atoms with Crippen LogP contribution in [-0.2, 0) is 18.4 Å². The Morgan fingerprint density at radius 1 is 1.25 bits per heavy atom. The Morgan fingerprint density at radius 3 is 2.69 bits per heavy atom. The predicted octanol–water partition coefficient (Wildman–Crippen LogP) is 3.41. The summed E-state index contributed by atoms with van der Waals surface area (Å²) in [6, 6.07) is 8.75. The first kappa shape index (κ1) is 11.2. The van der Waals surface area contributed by atoms with Crippen molar-refractivity contribution in [2.24, 2.45) is 7.05 Å². The highest BCUT2D eigenvalue weighted by Gasteiger charge is 2.06. The van der Waals surface area contributed by atoms with E-state index in [0.29, 0.717) is 6.61 Å². The van der Waals surface area contributed by atoms with E-state index in [1.807, 2.05) is 0 Å². The van der Waals surface area contributed by atoms with E-state index in [-0.39, 0.29) is 6.10 Å². The number of aromatic nitrogens is 1. The molecule has 0 N–H and O–H groups in total. The summed E-state index contributed by atoms with van der Waals surface area (Å²) in [4.78, 5) is 0. The molecule has 0 aliphatic carbocycles. The van der Waals surface area contributed by atoms with Crippen LogP contribution in [0.4, 0.5) is 0 Å². The van der Waals surface area contributed by atoms with Crippen LogP contribution >= 0.6 is 0 Å². The highest BCUT2D eigenvalue weighted by atomic mass is 16.5. The third-order valence-electron chi connectivity index (χ3n) is 2.86. The van der Waals surface area contributed by atoms with Gasteiger partial charge in [0.1, 0.15) is 0 Å². The topological polar surface area (TPSA) is 14.2 Å². The van der Waals surface area contributed by atoms with Crippen molar-refractivity contribution in [1.29, 1.82) is 0 Å². The maximum Gasteiger partial charge on any atom is 0.0871 e. The smallest absolute Gasteiger partial charge is 0.0871 e. The van der Waals surface area contributed by atoms with Crippen LogP contribution in [-0.4, -0.2) is 10.7 Å². The van der Waals surface area contributed by atoms with Gasteiger partial charge in [-0.05, 0) is 39.0 Å². The molecule has 0 atom stereocenters. The maximum absolute atomic E-state index is 5.65. The molecule has 0 amide bonds. The quantitative estimate of drug-likeness (QED) is 0.768. The van der Waals surface area contributed by atoms with Crippen LogP contribution in [0.5, 0.6) is 0 Å². The van der Waals surface area contributed by atoms with E-state index in [1.165, 1.54) is 22.2 Å². The van der Waals surface area contributed by atoms with E-state index in [9.17, 15) is 0 Å². The highest BCUT2D eigenvalue weighted by molar-refractivity contribution is 5.81. The van der Waals surface area contributed by atoms with E-state index >= 15 is 0 Å². The fourth-order valence-corrected chi connectivity index (χ4v) is 1.92. The molecule has 0 aliphatic rings. The molecule has 0 fully saturated rings. The van der Waals surface area contributed by atoms with Gasteiger partial charge in [0, 0.05) is 23.6 Å². The molecule has 1 aromatic carbocycles. The fraction of sp³-hybridized carbons (Fsp3) is 0.429. The van der Waals surface area contributed by atoms with Gasteiger partial charge in [0.2, 0.25) is 0 Å². The van der Waals surface area contributed by atoms with Crippen LogP contribution < -0.4 is 0 Å². The van der Waals surface area contributed by atoms with Gasteiger partial charge in [-0.1, -0.05) is 11.6 Å². The molecule has 0 bridgehead atoms. The van der Waals surface area contributed by atoms with Gasteiger partial charge >= 0.3 is 0 Å². The van der Waals surface area contributed by atoms with Gasteiger partial charge in [-0.2, -0.15) is 0 Å². The minimum absolute atomic E-state index is 0.278. The Balaban J connectivity index is 2.36. The highest BCUT2D eigenvalue weighted by Crippen LogP contribution is 2.20. The molecule has 16 heavy (non-hydrogen) atoms. The third-order valence-corrected chi connectivity index (χ3v) is 2.86. The van der Waals surface area contributed by atoms with Crippen LogP contribution in [0.15, 0.2) is 24.3 Å². The van der Waals surface area contributed by atoms with Gasteiger partial charge in [-0.25, -0.2) is 0 Å². The zero-order valence-electron chi connectivity index (χ0n) is 10.4. The van der Waals surface area contributed by atoms with E-state index in [2.05, 4.69) is 56.7 Å². The monoisotopic (exact) mass is 217 g/mol. The zero-order valence-corrected chi connectivity index (χ0v) is 10.4. The lowest BCUT2D eigenvalue weighted by atomic mass is 10.2. The van der Waals surface area contributed by atoms with Crippen molar-refractivity contribution in [3.63, 3.8) is 0 Å². The second-order valence-corrected chi connectivity index (χ2v) is 4.62. The molecule has 0 saturated carbocycles. The molecular weight excluding hydrogens is 198 g/mol. The van der Waals surface area contributed by atoms with E-state index in [4.69, 9.17) is 4.74 Å². The SMILES string of the molecule is Cc1ccc2c(c1)cc(COC(C)C)n2C. The summed E-state index contributed by atoms with van der Waals surface area (Å²) >= 11 is 0. The van der Waals surface area contributed by atoms with Gasteiger partial charge in [-0.15, -0.1) is 0 Å². The van der Waals surface area contributed by atoms with E-state index in [1.54, 1.807) is 0 Å². The number of ether oxygens (including phenoxy) is 1. The lowest BCUT2D eigenvalue weighted by Crippen LogP contribution is -2.05. The van der Waals surface area contributed by atoms with Crippen molar-refractivity contribution in [2.75, 3.05) is 0 Å². The third kappa shape index (κ3) is 2.12. The minimum atomic E-state index is 0.278. The molecule has 2 aromatic rings. The standard InChI is InChI=1S/C14H19NO/c1-10(2)16-9-13-8-12-7-11(3)5-6-14(12)15(13)4/h5-8,10H,9H2,1-4H3. The van der Waals surface area contributed by atoms with Crippen LogP contribution in [0, 0.1) is 6.92 Å². The molecular formula is C14H19NO. The van der Waals surface area contributed by atoms with Crippen LogP contribution in [0.2, 0.25) is 0 Å². The first-order valence-corrected chi connectivity index (χ1v) is 5.74. The molecule has 86 valence electrons. The average molecular weight is 217 g/mol. The largest absolute Gasteiger partial charge is 0.373 e. The Hall–Kier alpha value is -1.28. The summed E-state index contributed by atoms with van der Waals surface area (Å²) in [6.45, 7) is 6.93. The number of benzene rings is 1. The lowest BCUT2D eigenvalue weighted by molar-refractivity contribution is 0.0624. The summed E-state index contributed by atoms with van der Waals surface area (Å²) in [7, 11) is 2.09. The summed E-state index contributed by atoms with van der Waals surface area (Å²) in [5, 5.41) is 1.30. The average Bonchev–Trinajstić information content (AvgIpc) is 2.52. The number of hydrogen-bond acceptors (Lipinski definition) is 1. The second kappa shape index (κ2) is 4.30. The first-order chi connectivity index (χ1) is 7.58. The number of aryl methyl sites for hydroxylation is 2. The summed E-state index contributed by atoms with van der Waals surface area (Å²) in [6.07, 6.45) is 0.278. The van der Waals surface area contributed by atoms with Gasteiger partial charge in [0.05, 0.1) is 12.7 Å². The van der Waals surface area contributed by atoms with Crippen molar-refractivity contribution in [3.05, 3.63) is 35.5 Å². The molecule has 0 saturated heterocycles. The molecule has 0 unspecified atom stereocenters. The Bertz CT molecular complexity index is 497. The molecule has 0 spiro atoms. The summed E-state index contributed by atoms with van der Waals surface area (Å²) in [5.41, 5.74) is 3.80. The van der Waals surface area contributed by atoms with Gasteiger partial charge in [0.25, 0.3) is 0 Å². The first-order valence-electron chi connectivity index (χ1n) is 5.74. The van der Waals surface area contributed by atoms with Gasteiger partial charge < -0.3 is 9.30 Å². The van der Waals surface area contributed by atoms with Gasteiger partial charge in [-0.3, -0.25) is 0 Å². The molecule has 0 aliphatic heterocycles. The molecule has 2 rings (SSSR count). The van der Waals surface area contributed by atoms with E-state index in [0.717, 1.165) is 0 Å². The second-order valence-electron chi connectivity index (χ2n) is 4.62. The van der Waals surface area contributed by atoms with Gasteiger partial charge in [0.15, 0.2) is 0 Å². The number of nitrogens with zero attached hydrogens (tertiary/aromatic N) is 1.